The Morgan fingerprint density at radius 2 is 1.73 bits per heavy atom. The lowest BCUT2D eigenvalue weighted by Gasteiger charge is -2.07. The van der Waals surface area contributed by atoms with Gasteiger partial charge in [0, 0.05) is 40.5 Å². The summed E-state index contributed by atoms with van der Waals surface area (Å²) in [4.78, 5) is 12.5. The number of rotatable bonds is 9. The maximum absolute atomic E-state index is 12.5. The van der Waals surface area contributed by atoms with Gasteiger partial charge in [0.2, 0.25) is 0 Å². The quantitative estimate of drug-likeness (QED) is 0.164. The molecule has 0 atom stereocenters. The number of aryl methyl sites for hydroxylation is 1. The van der Waals surface area contributed by atoms with Gasteiger partial charge in [0.1, 0.15) is 5.75 Å². The number of fused-ring (bicyclic) bond motifs is 3. The van der Waals surface area contributed by atoms with Crippen LogP contribution in [0.2, 0.25) is 0 Å². The van der Waals surface area contributed by atoms with Crippen LogP contribution in [0.5, 0.6) is 5.75 Å². The summed E-state index contributed by atoms with van der Waals surface area (Å²) >= 11 is 1.33. The molecule has 0 aliphatic rings. The molecule has 2 aromatic heterocycles. The number of benzene rings is 3. The molecule has 8 nitrogen and oxygen atoms in total. The van der Waals surface area contributed by atoms with Gasteiger partial charge in [-0.05, 0) is 61.9 Å². The van der Waals surface area contributed by atoms with Gasteiger partial charge < -0.3 is 13.9 Å². The van der Waals surface area contributed by atoms with Crippen molar-refractivity contribution in [2.24, 2.45) is 5.10 Å². The maximum atomic E-state index is 12.5. The highest BCUT2D eigenvalue weighted by Crippen LogP contribution is 2.29. The molecule has 1 N–H and O–H groups in total. The molecule has 0 aliphatic carbocycles. The van der Waals surface area contributed by atoms with Gasteiger partial charge >= 0.3 is 0 Å². The lowest BCUT2D eigenvalue weighted by atomic mass is 10.1. The Kier molecular flexibility index (Phi) is 7.23. The minimum absolute atomic E-state index is 0.182. The molecule has 188 valence electrons. The first-order valence-corrected chi connectivity index (χ1v) is 13.1. The summed E-state index contributed by atoms with van der Waals surface area (Å²) in [6.07, 6.45) is 1.68. The molecule has 0 unspecified atom stereocenters. The van der Waals surface area contributed by atoms with Crippen LogP contribution < -0.4 is 10.2 Å². The summed E-state index contributed by atoms with van der Waals surface area (Å²) in [6, 6.07) is 22.3. The molecule has 0 saturated heterocycles. The number of hydrogen-bond acceptors (Lipinski definition) is 6. The summed E-state index contributed by atoms with van der Waals surface area (Å²) in [5.74, 6) is 1.51. The Labute approximate surface area is 219 Å². The number of hydrazone groups is 1. The molecule has 0 aliphatic heterocycles. The average molecular weight is 513 g/mol. The third-order valence-electron chi connectivity index (χ3n) is 6.23. The SMILES string of the molecule is CCn1c(SCC(=O)N/N=C\c2ccc3c(c2)c2ccccc2n3CC)nnc1-c1ccc(OC)cc1. The van der Waals surface area contributed by atoms with Crippen LogP contribution in [0.1, 0.15) is 19.4 Å². The zero-order valence-corrected chi connectivity index (χ0v) is 21.8. The van der Waals surface area contributed by atoms with Crippen LogP contribution in [0.3, 0.4) is 0 Å². The summed E-state index contributed by atoms with van der Waals surface area (Å²) in [5.41, 5.74) is 6.90. The molecule has 37 heavy (non-hydrogen) atoms. The first kappa shape index (κ1) is 24.6. The molecule has 9 heteroatoms. The van der Waals surface area contributed by atoms with Crippen molar-refractivity contribution in [3.05, 3.63) is 72.3 Å². The van der Waals surface area contributed by atoms with Gasteiger partial charge in [-0.2, -0.15) is 5.10 Å². The highest BCUT2D eigenvalue weighted by molar-refractivity contribution is 7.99. The molecular formula is C28H28N6O2S. The molecule has 0 fully saturated rings. The zero-order valence-electron chi connectivity index (χ0n) is 21.0. The Morgan fingerprint density at radius 3 is 2.49 bits per heavy atom. The topological polar surface area (TPSA) is 86.3 Å². The third kappa shape index (κ3) is 4.95. The Bertz CT molecular complexity index is 1590. The molecule has 5 aromatic rings. The highest BCUT2D eigenvalue weighted by Gasteiger charge is 2.15. The van der Waals surface area contributed by atoms with Gasteiger partial charge in [-0.15, -0.1) is 10.2 Å². The van der Waals surface area contributed by atoms with Gasteiger partial charge in [-0.1, -0.05) is 36.0 Å². The predicted octanol–water partition coefficient (Wildman–Crippen LogP) is 5.34. The number of nitrogens with zero attached hydrogens (tertiary/aromatic N) is 5. The normalized spacial score (nSPS) is 11.5. The van der Waals surface area contributed by atoms with Gasteiger partial charge in [0.25, 0.3) is 5.91 Å². The number of nitrogens with one attached hydrogen (secondary N) is 1. The summed E-state index contributed by atoms with van der Waals surface area (Å²) in [7, 11) is 1.64. The van der Waals surface area contributed by atoms with Crippen molar-refractivity contribution in [1.82, 2.24) is 24.8 Å². The lowest BCUT2D eigenvalue weighted by molar-refractivity contribution is -0.118. The predicted molar refractivity (Wildman–Crippen MR) is 149 cm³/mol. The molecule has 2 heterocycles. The first-order valence-electron chi connectivity index (χ1n) is 12.2. The van der Waals surface area contributed by atoms with Crippen molar-refractivity contribution in [3.8, 4) is 17.1 Å². The van der Waals surface area contributed by atoms with E-state index in [1.165, 1.54) is 33.6 Å². The van der Waals surface area contributed by atoms with Crippen LogP contribution in [-0.2, 0) is 17.9 Å². The van der Waals surface area contributed by atoms with E-state index in [0.717, 1.165) is 29.2 Å². The van der Waals surface area contributed by atoms with E-state index in [2.05, 4.69) is 68.6 Å². The molecule has 3 aromatic carbocycles. The Hall–Kier alpha value is -4.11. The number of hydrogen-bond donors (Lipinski definition) is 1. The fraction of sp³-hybridized carbons (Fsp3) is 0.214. The number of methoxy groups -OCH3 is 1. The summed E-state index contributed by atoms with van der Waals surface area (Å²) in [6.45, 7) is 5.77. The molecule has 5 rings (SSSR count). The molecule has 0 bridgehead atoms. The standard InChI is InChI=1S/C28H28N6O2S/c1-4-33-24-9-7-6-8-22(24)23-16-19(10-15-25(23)33)17-29-30-26(35)18-37-28-32-31-27(34(28)5-2)20-11-13-21(36-3)14-12-20/h6-17H,4-5,18H2,1-3H3,(H,30,35)/b29-17-. The van der Waals surface area contributed by atoms with Gasteiger partial charge in [-0.3, -0.25) is 4.79 Å². The Morgan fingerprint density at radius 1 is 0.973 bits per heavy atom. The van der Waals surface area contributed by atoms with Crippen molar-refractivity contribution in [2.75, 3.05) is 12.9 Å². The molecular weight excluding hydrogens is 484 g/mol. The minimum atomic E-state index is -0.207. The molecule has 1 amide bonds. The second-order valence-corrected chi connectivity index (χ2v) is 9.34. The first-order chi connectivity index (χ1) is 18.1. The summed E-state index contributed by atoms with van der Waals surface area (Å²) < 4.78 is 9.53. The van der Waals surface area contributed by atoms with Gasteiger partial charge in [0.15, 0.2) is 11.0 Å². The number of para-hydroxylation sites is 1. The van der Waals surface area contributed by atoms with Gasteiger partial charge in [-0.25, -0.2) is 5.43 Å². The van der Waals surface area contributed by atoms with Crippen LogP contribution in [-0.4, -0.2) is 44.3 Å². The van der Waals surface area contributed by atoms with E-state index in [4.69, 9.17) is 4.74 Å². The minimum Gasteiger partial charge on any atom is -0.497 e. The Balaban J connectivity index is 1.24. The number of ether oxygens (including phenoxy) is 1. The number of aromatic nitrogens is 4. The molecule has 0 radical (unpaired) electrons. The van der Waals surface area contributed by atoms with Crippen molar-refractivity contribution in [1.29, 1.82) is 0 Å². The van der Waals surface area contributed by atoms with Crippen LogP contribution >= 0.6 is 11.8 Å². The van der Waals surface area contributed by atoms with Crippen LogP contribution in [0.25, 0.3) is 33.2 Å². The van der Waals surface area contributed by atoms with E-state index in [9.17, 15) is 4.79 Å². The van der Waals surface area contributed by atoms with Crippen molar-refractivity contribution < 1.29 is 9.53 Å². The van der Waals surface area contributed by atoms with Crippen molar-refractivity contribution in [2.45, 2.75) is 32.1 Å². The maximum Gasteiger partial charge on any atom is 0.250 e. The molecule has 0 saturated carbocycles. The number of carbonyl (C=O) groups excluding carboxylic acids is 1. The van der Waals surface area contributed by atoms with Crippen molar-refractivity contribution in [3.63, 3.8) is 0 Å². The van der Waals surface area contributed by atoms with Crippen LogP contribution in [0.15, 0.2) is 77.0 Å². The van der Waals surface area contributed by atoms with E-state index in [-0.39, 0.29) is 11.7 Å². The fourth-order valence-corrected chi connectivity index (χ4v) is 5.26. The van der Waals surface area contributed by atoms with Crippen LogP contribution in [0.4, 0.5) is 0 Å². The smallest absolute Gasteiger partial charge is 0.250 e. The van der Waals surface area contributed by atoms with E-state index in [0.29, 0.717) is 11.7 Å². The van der Waals surface area contributed by atoms with E-state index in [1.807, 2.05) is 41.8 Å². The largest absolute Gasteiger partial charge is 0.497 e. The molecule has 0 spiro atoms. The third-order valence-corrected chi connectivity index (χ3v) is 7.20. The van der Waals surface area contributed by atoms with E-state index < -0.39 is 0 Å². The fourth-order valence-electron chi connectivity index (χ4n) is 4.47. The second-order valence-electron chi connectivity index (χ2n) is 8.40. The zero-order chi connectivity index (χ0) is 25.8. The summed E-state index contributed by atoms with van der Waals surface area (Å²) in [5, 5.41) is 15.9. The highest BCUT2D eigenvalue weighted by atomic mass is 32.2. The lowest BCUT2D eigenvalue weighted by Crippen LogP contribution is -2.20. The van der Waals surface area contributed by atoms with Gasteiger partial charge in [0.05, 0.1) is 19.1 Å². The monoisotopic (exact) mass is 512 g/mol. The number of amides is 1. The number of thioether (sulfide) groups is 1. The average Bonchev–Trinajstić information content (AvgIpc) is 3.50. The van der Waals surface area contributed by atoms with Crippen molar-refractivity contribution >= 4 is 45.7 Å². The number of carbonyl (C=O) groups is 1. The second kappa shape index (κ2) is 10.9. The van der Waals surface area contributed by atoms with E-state index >= 15 is 0 Å². The van der Waals surface area contributed by atoms with E-state index in [1.54, 1.807) is 13.3 Å². The van der Waals surface area contributed by atoms with Crippen LogP contribution in [0, 0.1) is 0 Å².